The molecule has 2 aromatic rings. The molecule has 2 aliphatic heterocycles. The van der Waals surface area contributed by atoms with Crippen molar-refractivity contribution in [1.82, 2.24) is 5.01 Å². The fourth-order valence-corrected chi connectivity index (χ4v) is 3.87. The van der Waals surface area contributed by atoms with Gasteiger partial charge in [0.15, 0.2) is 6.54 Å². The van der Waals surface area contributed by atoms with Gasteiger partial charge < -0.3 is 14.2 Å². The summed E-state index contributed by atoms with van der Waals surface area (Å²) in [5.74, 6) is 0.875. The maximum absolute atomic E-state index is 13.1. The number of piperazine rings is 1. The molecule has 1 atom stereocenters. The topological polar surface area (TPSA) is 54.7 Å². The number of carbonyl (C=O) groups excluding carboxylic acids is 1. The van der Waals surface area contributed by atoms with Gasteiger partial charge >= 0.3 is 0 Å². The van der Waals surface area contributed by atoms with E-state index in [1.54, 1.807) is 16.2 Å². The van der Waals surface area contributed by atoms with Crippen molar-refractivity contribution in [2.75, 3.05) is 39.8 Å². The number of benzene rings is 1. The number of aryl methyl sites for hydroxylation is 1. The van der Waals surface area contributed by atoms with Crippen LogP contribution in [-0.4, -0.2) is 56.4 Å². The Kier molecular flexibility index (Phi) is 5.09. The zero-order chi connectivity index (χ0) is 18.8. The fourth-order valence-electron chi connectivity index (χ4n) is 3.87. The quantitative estimate of drug-likeness (QED) is 0.777. The molecule has 0 spiro atoms. The minimum atomic E-state index is -0.152. The Bertz CT molecular complexity index is 805. The minimum absolute atomic E-state index is 0.0769. The molecule has 6 heteroatoms. The molecule has 1 saturated heterocycles. The normalized spacial score (nSPS) is 25.5. The van der Waals surface area contributed by atoms with Gasteiger partial charge in [0.2, 0.25) is 0 Å². The Labute approximate surface area is 160 Å². The largest absolute Gasteiger partial charge is 0.467 e. The number of hydrogen-bond acceptors (Lipinski definition) is 3. The molecule has 2 N–H and O–H groups in total. The van der Waals surface area contributed by atoms with Gasteiger partial charge in [-0.05, 0) is 24.6 Å². The standard InChI is InChI=1S/C21H26N4O2/c1-16-5-7-17(8-6-16)18-14-19(20-4-3-13-27-20)25(22-18)21(26)15-24-11-9-23(2)10-12-24/h3-8,13,19H,9-12,14-15H2,1-2H3/p+2/t19-/m1/s1. The summed E-state index contributed by atoms with van der Waals surface area (Å²) in [6, 6.07) is 12.0. The van der Waals surface area contributed by atoms with E-state index in [-0.39, 0.29) is 11.9 Å². The third-order valence-electron chi connectivity index (χ3n) is 5.63. The maximum atomic E-state index is 13.1. The van der Waals surface area contributed by atoms with Crippen molar-refractivity contribution < 1.29 is 19.0 Å². The molecule has 1 amide bonds. The van der Waals surface area contributed by atoms with E-state index in [9.17, 15) is 4.79 Å². The van der Waals surface area contributed by atoms with Crippen molar-refractivity contribution in [3.8, 4) is 0 Å². The zero-order valence-electron chi connectivity index (χ0n) is 16.1. The smallest absolute Gasteiger partial charge is 0.298 e. The first-order chi connectivity index (χ1) is 13.1. The van der Waals surface area contributed by atoms with Gasteiger partial charge in [0.1, 0.15) is 38.0 Å². The number of quaternary nitrogens is 2. The van der Waals surface area contributed by atoms with Crippen LogP contribution in [0, 0.1) is 6.92 Å². The predicted octanol–water partition coefficient (Wildman–Crippen LogP) is -0.321. The molecule has 0 radical (unpaired) electrons. The van der Waals surface area contributed by atoms with Crippen LogP contribution in [-0.2, 0) is 4.79 Å². The lowest BCUT2D eigenvalue weighted by molar-refractivity contribution is -1.000. The van der Waals surface area contributed by atoms with E-state index in [2.05, 4.69) is 38.2 Å². The van der Waals surface area contributed by atoms with Gasteiger partial charge in [-0.1, -0.05) is 29.8 Å². The molecule has 0 unspecified atom stereocenters. The highest BCUT2D eigenvalue weighted by Crippen LogP contribution is 2.32. The van der Waals surface area contributed by atoms with Gasteiger partial charge in [-0.3, -0.25) is 4.79 Å². The highest BCUT2D eigenvalue weighted by Gasteiger charge is 2.36. The summed E-state index contributed by atoms with van der Waals surface area (Å²) >= 11 is 0. The van der Waals surface area contributed by atoms with Gasteiger partial charge in [-0.2, -0.15) is 5.10 Å². The lowest BCUT2D eigenvalue weighted by atomic mass is 10.0. The summed E-state index contributed by atoms with van der Waals surface area (Å²) < 4.78 is 5.63. The Hall–Kier alpha value is -2.44. The number of amides is 1. The number of nitrogens with zero attached hydrogens (tertiary/aromatic N) is 2. The molecule has 4 rings (SSSR count). The van der Waals surface area contributed by atoms with Gasteiger partial charge in [0.05, 0.1) is 19.0 Å². The summed E-state index contributed by atoms with van der Waals surface area (Å²) in [5.41, 5.74) is 3.24. The van der Waals surface area contributed by atoms with Gasteiger partial charge in [0.25, 0.3) is 5.91 Å². The van der Waals surface area contributed by atoms with Crippen LogP contribution in [0.1, 0.15) is 29.3 Å². The highest BCUT2D eigenvalue weighted by molar-refractivity contribution is 6.03. The summed E-state index contributed by atoms with van der Waals surface area (Å²) in [6.45, 7) is 6.86. The molecule has 27 heavy (non-hydrogen) atoms. The second-order valence-corrected chi connectivity index (χ2v) is 7.77. The van der Waals surface area contributed by atoms with Crippen molar-refractivity contribution in [2.24, 2.45) is 5.10 Å². The van der Waals surface area contributed by atoms with E-state index in [4.69, 9.17) is 9.52 Å². The third-order valence-corrected chi connectivity index (χ3v) is 5.63. The van der Waals surface area contributed by atoms with Gasteiger partial charge in [-0.15, -0.1) is 0 Å². The summed E-state index contributed by atoms with van der Waals surface area (Å²) in [5, 5.41) is 6.39. The average Bonchev–Trinajstić information content (AvgIpc) is 3.33. The van der Waals surface area contributed by atoms with Crippen LogP contribution in [0.3, 0.4) is 0 Å². The van der Waals surface area contributed by atoms with Crippen LogP contribution in [0.15, 0.2) is 52.2 Å². The van der Waals surface area contributed by atoms with E-state index >= 15 is 0 Å². The van der Waals surface area contributed by atoms with Gasteiger partial charge in [-0.25, -0.2) is 5.01 Å². The highest BCUT2D eigenvalue weighted by atomic mass is 16.3. The molecule has 1 fully saturated rings. The van der Waals surface area contributed by atoms with Crippen LogP contribution in [0.4, 0.5) is 0 Å². The summed E-state index contributed by atoms with van der Waals surface area (Å²) in [4.78, 5) is 16.0. The second kappa shape index (κ2) is 7.66. The monoisotopic (exact) mass is 368 g/mol. The van der Waals surface area contributed by atoms with Crippen LogP contribution >= 0.6 is 0 Å². The molecule has 0 saturated carbocycles. The Balaban J connectivity index is 1.54. The Morgan fingerprint density at radius 3 is 2.59 bits per heavy atom. The first-order valence-corrected chi connectivity index (χ1v) is 9.75. The molecule has 2 aliphatic rings. The first kappa shape index (κ1) is 17.9. The molecule has 0 aliphatic carbocycles. The maximum Gasteiger partial charge on any atom is 0.298 e. The van der Waals surface area contributed by atoms with E-state index in [1.165, 1.54) is 10.5 Å². The van der Waals surface area contributed by atoms with E-state index in [0.29, 0.717) is 13.0 Å². The fraction of sp³-hybridized carbons (Fsp3) is 0.429. The lowest BCUT2D eigenvalue weighted by Gasteiger charge is -2.28. The molecule has 3 heterocycles. The number of carbonyl (C=O) groups is 1. The van der Waals surface area contributed by atoms with E-state index < -0.39 is 0 Å². The van der Waals surface area contributed by atoms with Crippen molar-refractivity contribution in [3.05, 3.63) is 59.5 Å². The zero-order valence-corrected chi connectivity index (χ0v) is 16.1. The Morgan fingerprint density at radius 1 is 1.19 bits per heavy atom. The van der Waals surface area contributed by atoms with Crippen LogP contribution < -0.4 is 9.80 Å². The predicted molar refractivity (Wildman–Crippen MR) is 103 cm³/mol. The lowest BCUT2D eigenvalue weighted by Crippen LogP contribution is -3.27. The number of nitrogens with one attached hydrogen (secondary N) is 2. The molecular formula is C21H28N4O2+2. The van der Waals surface area contributed by atoms with Crippen molar-refractivity contribution in [1.29, 1.82) is 0 Å². The molecule has 1 aromatic heterocycles. The van der Waals surface area contributed by atoms with Crippen molar-refractivity contribution >= 4 is 11.6 Å². The Morgan fingerprint density at radius 2 is 1.93 bits per heavy atom. The molecule has 6 nitrogen and oxygen atoms in total. The molecular weight excluding hydrogens is 340 g/mol. The summed E-state index contributed by atoms with van der Waals surface area (Å²) in [7, 11) is 2.21. The van der Waals surface area contributed by atoms with Crippen molar-refractivity contribution in [3.63, 3.8) is 0 Å². The number of hydrogen-bond donors (Lipinski definition) is 2. The average molecular weight is 368 g/mol. The first-order valence-electron chi connectivity index (χ1n) is 9.75. The second-order valence-electron chi connectivity index (χ2n) is 7.77. The molecule has 1 aromatic carbocycles. The van der Waals surface area contributed by atoms with Crippen LogP contribution in [0.5, 0.6) is 0 Å². The van der Waals surface area contributed by atoms with Crippen LogP contribution in [0.2, 0.25) is 0 Å². The van der Waals surface area contributed by atoms with Gasteiger partial charge in [0, 0.05) is 6.42 Å². The van der Waals surface area contributed by atoms with Crippen LogP contribution in [0.25, 0.3) is 0 Å². The van der Waals surface area contributed by atoms with E-state index in [0.717, 1.165) is 43.2 Å². The number of likely N-dealkylation sites (N-methyl/N-ethyl adjacent to an activating group) is 1. The van der Waals surface area contributed by atoms with E-state index in [1.807, 2.05) is 12.1 Å². The third kappa shape index (κ3) is 3.96. The number of hydrazone groups is 1. The number of rotatable bonds is 4. The minimum Gasteiger partial charge on any atom is -0.467 e. The van der Waals surface area contributed by atoms with Crippen molar-refractivity contribution in [2.45, 2.75) is 19.4 Å². The number of furan rings is 1. The SMILES string of the molecule is Cc1ccc(C2=NN(C(=O)C[NH+]3CC[NH+](C)CC3)[C@@H](c3ccco3)C2)cc1. The molecule has 0 bridgehead atoms. The summed E-state index contributed by atoms with van der Waals surface area (Å²) in [6.07, 6.45) is 2.35. The molecule has 142 valence electrons.